The molecule has 2 aromatic heterocycles. The van der Waals surface area contributed by atoms with Gasteiger partial charge in [-0.2, -0.15) is 0 Å². The second-order valence-electron chi connectivity index (χ2n) is 5.12. The molecule has 0 saturated heterocycles. The van der Waals surface area contributed by atoms with Gasteiger partial charge >= 0.3 is 0 Å². The predicted octanol–water partition coefficient (Wildman–Crippen LogP) is 3.34. The van der Waals surface area contributed by atoms with Crippen LogP contribution < -0.4 is 5.32 Å². The first-order valence-electron chi connectivity index (χ1n) is 7.04. The van der Waals surface area contributed by atoms with Crippen LogP contribution in [0.2, 0.25) is 0 Å². The standard InChI is InChI=1S/C16H14N2O4S2/c1-11(19)17-12-4-6-14(7-5-12)24(20,21)10-13-9-15(22-18-13)16-3-2-8-23-16/h2-9H,10H2,1H3,(H,17,19). The lowest BCUT2D eigenvalue weighted by Gasteiger charge is -2.05. The molecule has 8 heteroatoms. The molecule has 0 atom stereocenters. The molecule has 2 heterocycles. The Bertz CT molecular complexity index is 942. The SMILES string of the molecule is CC(=O)Nc1ccc(S(=O)(=O)Cc2cc(-c3cccs3)on2)cc1. The summed E-state index contributed by atoms with van der Waals surface area (Å²) in [7, 11) is -3.55. The molecule has 1 N–H and O–H groups in total. The largest absolute Gasteiger partial charge is 0.355 e. The Kier molecular flexibility index (Phi) is 4.50. The Morgan fingerprint density at radius 1 is 1.25 bits per heavy atom. The minimum atomic E-state index is -3.55. The number of aromatic nitrogens is 1. The fourth-order valence-corrected chi connectivity index (χ4v) is 4.06. The van der Waals surface area contributed by atoms with Gasteiger partial charge in [-0.15, -0.1) is 11.3 Å². The van der Waals surface area contributed by atoms with Crippen LogP contribution in [0.1, 0.15) is 12.6 Å². The zero-order valence-corrected chi connectivity index (χ0v) is 14.4. The average molecular weight is 362 g/mol. The van der Waals surface area contributed by atoms with E-state index in [0.717, 1.165) is 4.88 Å². The van der Waals surface area contributed by atoms with Crippen molar-refractivity contribution < 1.29 is 17.7 Å². The number of carbonyl (C=O) groups excluding carboxylic acids is 1. The lowest BCUT2D eigenvalue weighted by Crippen LogP contribution is -2.07. The minimum absolute atomic E-state index is 0.164. The smallest absolute Gasteiger partial charge is 0.221 e. The predicted molar refractivity (Wildman–Crippen MR) is 91.5 cm³/mol. The van der Waals surface area contributed by atoms with Crippen LogP contribution in [0, 0.1) is 0 Å². The number of nitrogens with zero attached hydrogens (tertiary/aromatic N) is 1. The highest BCUT2D eigenvalue weighted by molar-refractivity contribution is 7.90. The second-order valence-corrected chi connectivity index (χ2v) is 8.06. The molecule has 0 bridgehead atoms. The van der Waals surface area contributed by atoms with Gasteiger partial charge in [0.2, 0.25) is 5.91 Å². The van der Waals surface area contributed by atoms with E-state index in [1.807, 2.05) is 17.5 Å². The number of rotatable bonds is 5. The normalized spacial score (nSPS) is 11.4. The summed E-state index contributed by atoms with van der Waals surface area (Å²) in [4.78, 5) is 12.0. The van der Waals surface area contributed by atoms with Gasteiger partial charge < -0.3 is 9.84 Å². The van der Waals surface area contributed by atoms with Crippen LogP contribution in [0.15, 0.2) is 57.3 Å². The van der Waals surface area contributed by atoms with E-state index in [0.29, 0.717) is 17.1 Å². The average Bonchev–Trinajstić information content (AvgIpc) is 3.17. The van der Waals surface area contributed by atoms with Crippen LogP contribution in [0.5, 0.6) is 0 Å². The van der Waals surface area contributed by atoms with Crippen molar-refractivity contribution in [3.8, 4) is 10.6 Å². The fraction of sp³-hybridized carbons (Fsp3) is 0.125. The van der Waals surface area contributed by atoms with Gasteiger partial charge in [-0.05, 0) is 35.7 Å². The molecule has 0 aliphatic rings. The third-order valence-corrected chi connectivity index (χ3v) is 5.75. The topological polar surface area (TPSA) is 89.3 Å². The first-order valence-corrected chi connectivity index (χ1v) is 9.57. The first-order chi connectivity index (χ1) is 11.4. The molecule has 0 saturated carbocycles. The van der Waals surface area contributed by atoms with Gasteiger partial charge in [-0.1, -0.05) is 11.2 Å². The van der Waals surface area contributed by atoms with Gasteiger partial charge in [0.1, 0.15) is 5.75 Å². The lowest BCUT2D eigenvalue weighted by atomic mass is 10.3. The van der Waals surface area contributed by atoms with Crippen LogP contribution in [0.25, 0.3) is 10.6 Å². The van der Waals surface area contributed by atoms with Crippen molar-refractivity contribution in [1.29, 1.82) is 0 Å². The summed E-state index contributed by atoms with van der Waals surface area (Å²) in [6, 6.07) is 11.4. The number of amides is 1. The third kappa shape index (κ3) is 3.72. The van der Waals surface area contributed by atoms with Gasteiger partial charge in [-0.3, -0.25) is 4.79 Å². The lowest BCUT2D eigenvalue weighted by molar-refractivity contribution is -0.114. The third-order valence-electron chi connectivity index (χ3n) is 3.19. The highest BCUT2D eigenvalue weighted by Gasteiger charge is 2.19. The highest BCUT2D eigenvalue weighted by Crippen LogP contribution is 2.26. The van der Waals surface area contributed by atoms with Crippen LogP contribution in [-0.4, -0.2) is 19.5 Å². The Morgan fingerprint density at radius 2 is 2.00 bits per heavy atom. The van der Waals surface area contributed by atoms with E-state index in [9.17, 15) is 13.2 Å². The molecule has 0 unspecified atom stereocenters. The zero-order valence-electron chi connectivity index (χ0n) is 12.7. The van der Waals surface area contributed by atoms with Crippen molar-refractivity contribution in [2.45, 2.75) is 17.6 Å². The van der Waals surface area contributed by atoms with Crippen LogP contribution >= 0.6 is 11.3 Å². The van der Waals surface area contributed by atoms with Gasteiger partial charge in [-0.25, -0.2) is 8.42 Å². The van der Waals surface area contributed by atoms with Gasteiger partial charge in [0.15, 0.2) is 15.6 Å². The van der Waals surface area contributed by atoms with Gasteiger partial charge in [0, 0.05) is 18.7 Å². The Balaban J connectivity index is 1.77. The molecule has 1 aromatic carbocycles. The van der Waals surface area contributed by atoms with Crippen LogP contribution in [-0.2, 0) is 20.4 Å². The van der Waals surface area contributed by atoms with Crippen molar-refractivity contribution in [2.24, 2.45) is 0 Å². The van der Waals surface area contributed by atoms with E-state index in [1.165, 1.54) is 30.4 Å². The molecule has 1 amide bonds. The number of carbonyl (C=O) groups is 1. The molecule has 0 fully saturated rings. The number of sulfone groups is 1. The van der Waals surface area contributed by atoms with Gasteiger partial charge in [0.05, 0.1) is 15.5 Å². The maximum Gasteiger partial charge on any atom is 0.221 e. The monoisotopic (exact) mass is 362 g/mol. The molecule has 3 rings (SSSR count). The molecule has 124 valence electrons. The van der Waals surface area contributed by atoms with Crippen molar-refractivity contribution in [3.05, 3.63) is 53.5 Å². The summed E-state index contributed by atoms with van der Waals surface area (Å²) < 4.78 is 30.1. The summed E-state index contributed by atoms with van der Waals surface area (Å²) in [5.41, 5.74) is 0.896. The van der Waals surface area contributed by atoms with E-state index in [-0.39, 0.29) is 16.6 Å². The molecule has 24 heavy (non-hydrogen) atoms. The Morgan fingerprint density at radius 3 is 2.62 bits per heavy atom. The minimum Gasteiger partial charge on any atom is -0.355 e. The van der Waals surface area contributed by atoms with Crippen molar-refractivity contribution in [1.82, 2.24) is 5.16 Å². The molecule has 0 spiro atoms. The van der Waals surface area contributed by atoms with E-state index in [2.05, 4.69) is 10.5 Å². The van der Waals surface area contributed by atoms with Crippen LogP contribution in [0.4, 0.5) is 5.69 Å². The number of thiophene rings is 1. The molecule has 3 aromatic rings. The fourth-order valence-electron chi connectivity index (χ4n) is 2.14. The Hall–Kier alpha value is -2.45. The first kappa shape index (κ1) is 16.4. The van der Waals surface area contributed by atoms with Crippen LogP contribution in [0.3, 0.4) is 0 Å². The maximum absolute atomic E-state index is 12.5. The number of hydrogen-bond acceptors (Lipinski definition) is 6. The van der Waals surface area contributed by atoms with E-state index in [1.54, 1.807) is 18.2 Å². The summed E-state index contributed by atoms with van der Waals surface area (Å²) >= 11 is 1.49. The van der Waals surface area contributed by atoms with E-state index in [4.69, 9.17) is 4.52 Å². The summed E-state index contributed by atoms with van der Waals surface area (Å²) in [5.74, 6) is 0.0898. The maximum atomic E-state index is 12.5. The van der Waals surface area contributed by atoms with E-state index < -0.39 is 9.84 Å². The highest BCUT2D eigenvalue weighted by atomic mass is 32.2. The molecular formula is C16H14N2O4S2. The summed E-state index contributed by atoms with van der Waals surface area (Å²) in [6.45, 7) is 1.39. The van der Waals surface area contributed by atoms with Crippen molar-refractivity contribution in [3.63, 3.8) is 0 Å². The van der Waals surface area contributed by atoms with E-state index >= 15 is 0 Å². The Labute approximate surface area is 143 Å². The molecular weight excluding hydrogens is 348 g/mol. The second kappa shape index (κ2) is 6.58. The van der Waals surface area contributed by atoms with Crippen molar-refractivity contribution >= 4 is 32.8 Å². The zero-order chi connectivity index (χ0) is 17.2. The molecule has 0 aliphatic carbocycles. The number of hydrogen-bond donors (Lipinski definition) is 1. The number of anilines is 1. The molecule has 0 aliphatic heterocycles. The summed E-state index contributed by atoms with van der Waals surface area (Å²) in [6.07, 6.45) is 0. The van der Waals surface area contributed by atoms with Crippen molar-refractivity contribution in [2.75, 3.05) is 5.32 Å². The quantitative estimate of drug-likeness (QED) is 0.752. The molecule has 6 nitrogen and oxygen atoms in total. The van der Waals surface area contributed by atoms with Gasteiger partial charge in [0.25, 0.3) is 0 Å². The number of nitrogens with one attached hydrogen (secondary N) is 1. The molecule has 0 radical (unpaired) electrons. The number of benzene rings is 1. The summed E-state index contributed by atoms with van der Waals surface area (Å²) in [5, 5.41) is 8.34.